The second kappa shape index (κ2) is 6.15. The number of carbonyl (C=O) groups is 2. The molecule has 1 aliphatic rings. The van der Waals surface area contributed by atoms with Crippen molar-refractivity contribution in [2.45, 2.75) is 13.0 Å². The third-order valence-corrected chi connectivity index (χ3v) is 5.29. The van der Waals surface area contributed by atoms with Gasteiger partial charge in [-0.25, -0.2) is 0 Å². The van der Waals surface area contributed by atoms with Crippen LogP contribution in [0.15, 0.2) is 12.1 Å². The Morgan fingerprint density at radius 3 is 2.84 bits per heavy atom. The lowest BCUT2D eigenvalue weighted by Crippen LogP contribution is -2.47. The van der Waals surface area contributed by atoms with Gasteiger partial charge in [0.2, 0.25) is 5.91 Å². The van der Waals surface area contributed by atoms with Crippen LogP contribution in [0.2, 0.25) is 4.34 Å². The van der Waals surface area contributed by atoms with Crippen molar-refractivity contribution in [1.29, 1.82) is 0 Å². The zero-order valence-corrected chi connectivity index (χ0v) is 13.1. The summed E-state index contributed by atoms with van der Waals surface area (Å²) in [5.41, 5.74) is 0. The van der Waals surface area contributed by atoms with E-state index in [0.29, 0.717) is 27.4 Å². The molecule has 0 saturated carbocycles. The minimum atomic E-state index is -0.358. The van der Waals surface area contributed by atoms with Gasteiger partial charge < -0.3 is 9.80 Å². The lowest BCUT2D eigenvalue weighted by atomic mass is 10.2. The molecular formula is C12H15ClN2O2S2. The van der Waals surface area contributed by atoms with Gasteiger partial charge in [-0.05, 0) is 19.1 Å². The van der Waals surface area contributed by atoms with Gasteiger partial charge in [-0.3, -0.25) is 9.59 Å². The fraction of sp³-hybridized carbons (Fsp3) is 0.500. The number of thioether (sulfide) groups is 1. The van der Waals surface area contributed by atoms with Gasteiger partial charge in [-0.2, -0.15) is 0 Å². The molecule has 2 amide bonds. The SMILES string of the molecule is CCN(C)C(=O)C1CSCN1C(=O)c1ccc(Cl)s1. The van der Waals surface area contributed by atoms with Crippen molar-refractivity contribution >= 4 is 46.5 Å². The van der Waals surface area contributed by atoms with E-state index in [-0.39, 0.29) is 17.9 Å². The molecule has 0 aromatic carbocycles. The molecular weight excluding hydrogens is 304 g/mol. The smallest absolute Gasteiger partial charge is 0.265 e. The monoisotopic (exact) mass is 318 g/mol. The number of hydrogen-bond acceptors (Lipinski definition) is 4. The van der Waals surface area contributed by atoms with Crippen molar-refractivity contribution in [3.05, 3.63) is 21.3 Å². The quantitative estimate of drug-likeness (QED) is 0.859. The summed E-state index contributed by atoms with van der Waals surface area (Å²) in [7, 11) is 1.76. The highest BCUT2D eigenvalue weighted by Gasteiger charge is 2.36. The first kappa shape index (κ1) is 14.7. The predicted octanol–water partition coefficient (Wildman–Crippen LogP) is 2.39. The first-order valence-corrected chi connectivity index (χ1v) is 8.28. The summed E-state index contributed by atoms with van der Waals surface area (Å²) in [6.45, 7) is 2.57. The Labute approximate surface area is 125 Å². The van der Waals surface area contributed by atoms with Gasteiger partial charge in [0, 0.05) is 19.3 Å². The molecule has 104 valence electrons. The van der Waals surface area contributed by atoms with Crippen molar-refractivity contribution in [2.75, 3.05) is 25.2 Å². The summed E-state index contributed by atoms with van der Waals surface area (Å²) in [6.07, 6.45) is 0. The maximum atomic E-state index is 12.4. The van der Waals surface area contributed by atoms with Crippen molar-refractivity contribution < 1.29 is 9.59 Å². The lowest BCUT2D eigenvalue weighted by molar-refractivity contribution is -0.133. The number of carbonyl (C=O) groups excluding carboxylic acids is 2. The summed E-state index contributed by atoms with van der Waals surface area (Å²) >= 11 is 8.71. The van der Waals surface area contributed by atoms with Crippen LogP contribution in [-0.4, -0.2) is 52.9 Å². The van der Waals surface area contributed by atoms with Crippen molar-refractivity contribution in [3.63, 3.8) is 0 Å². The second-order valence-electron chi connectivity index (χ2n) is 4.25. The molecule has 2 heterocycles. The summed E-state index contributed by atoms with van der Waals surface area (Å²) in [4.78, 5) is 28.5. The maximum Gasteiger partial charge on any atom is 0.265 e. The third kappa shape index (κ3) is 3.07. The highest BCUT2D eigenvalue weighted by molar-refractivity contribution is 7.99. The number of halogens is 1. The Morgan fingerprint density at radius 1 is 1.53 bits per heavy atom. The first-order chi connectivity index (χ1) is 9.04. The van der Waals surface area contributed by atoms with Gasteiger partial charge in [-0.1, -0.05) is 11.6 Å². The van der Waals surface area contributed by atoms with Crippen LogP contribution >= 0.6 is 34.7 Å². The van der Waals surface area contributed by atoms with Crippen molar-refractivity contribution in [3.8, 4) is 0 Å². The lowest BCUT2D eigenvalue weighted by Gasteiger charge is -2.26. The number of rotatable bonds is 3. The largest absolute Gasteiger partial charge is 0.344 e. The third-order valence-electron chi connectivity index (χ3n) is 3.06. The average Bonchev–Trinajstić information content (AvgIpc) is 3.04. The van der Waals surface area contributed by atoms with Crippen LogP contribution in [0.3, 0.4) is 0 Å². The van der Waals surface area contributed by atoms with Crippen LogP contribution in [-0.2, 0) is 4.79 Å². The predicted molar refractivity (Wildman–Crippen MR) is 79.9 cm³/mol. The highest BCUT2D eigenvalue weighted by atomic mass is 35.5. The normalized spacial score (nSPS) is 18.7. The first-order valence-electron chi connectivity index (χ1n) is 5.93. The van der Waals surface area contributed by atoms with Gasteiger partial charge in [0.15, 0.2) is 0 Å². The summed E-state index contributed by atoms with van der Waals surface area (Å²) in [5, 5.41) is 0. The Bertz CT molecular complexity index is 492. The average molecular weight is 319 g/mol. The van der Waals surface area contributed by atoms with Crippen molar-refractivity contribution in [2.24, 2.45) is 0 Å². The fourth-order valence-electron chi connectivity index (χ4n) is 1.83. The van der Waals surface area contributed by atoms with Crippen LogP contribution in [0.4, 0.5) is 0 Å². The van der Waals surface area contributed by atoms with Crippen LogP contribution in [0, 0.1) is 0 Å². The Morgan fingerprint density at radius 2 is 2.26 bits per heavy atom. The molecule has 0 aliphatic carbocycles. The fourth-order valence-corrected chi connectivity index (χ4v) is 3.97. The number of likely N-dealkylation sites (N-methyl/N-ethyl adjacent to an activating group) is 1. The van der Waals surface area contributed by atoms with Gasteiger partial charge in [0.25, 0.3) is 5.91 Å². The minimum Gasteiger partial charge on any atom is -0.344 e. The van der Waals surface area contributed by atoms with E-state index in [0.717, 1.165) is 0 Å². The van der Waals surface area contributed by atoms with Gasteiger partial charge >= 0.3 is 0 Å². The van der Waals surface area contributed by atoms with Gasteiger partial charge in [-0.15, -0.1) is 23.1 Å². The number of nitrogens with zero attached hydrogens (tertiary/aromatic N) is 2. The van der Waals surface area contributed by atoms with E-state index >= 15 is 0 Å². The second-order valence-corrected chi connectivity index (χ2v) is 6.96. The molecule has 1 aliphatic heterocycles. The standard InChI is InChI=1S/C12H15ClN2O2S2/c1-3-14(2)11(16)8-6-18-7-15(8)12(17)9-4-5-10(13)19-9/h4-5,8H,3,6-7H2,1-2H3. The molecule has 1 aromatic heterocycles. The Hall–Kier alpha value is -0.720. The molecule has 2 rings (SSSR count). The van der Waals surface area contributed by atoms with Crippen LogP contribution in [0.1, 0.15) is 16.6 Å². The van der Waals surface area contributed by atoms with E-state index < -0.39 is 0 Å². The molecule has 1 atom stereocenters. The maximum absolute atomic E-state index is 12.4. The zero-order valence-electron chi connectivity index (χ0n) is 10.8. The molecule has 1 saturated heterocycles. The van der Waals surface area contributed by atoms with Crippen LogP contribution in [0.5, 0.6) is 0 Å². The van der Waals surface area contributed by atoms with E-state index in [4.69, 9.17) is 11.6 Å². The van der Waals surface area contributed by atoms with Crippen LogP contribution < -0.4 is 0 Å². The van der Waals surface area contributed by atoms with Gasteiger partial charge in [0.1, 0.15) is 6.04 Å². The number of thiophene rings is 1. The molecule has 1 aromatic rings. The summed E-state index contributed by atoms with van der Waals surface area (Å²) in [5.74, 6) is 1.12. The van der Waals surface area contributed by atoms with E-state index in [1.54, 1.807) is 40.7 Å². The van der Waals surface area contributed by atoms with Crippen molar-refractivity contribution in [1.82, 2.24) is 9.80 Å². The number of amides is 2. The zero-order chi connectivity index (χ0) is 14.0. The molecule has 0 spiro atoms. The molecule has 7 heteroatoms. The van der Waals surface area contributed by atoms with E-state index in [9.17, 15) is 9.59 Å². The number of hydrogen-bond donors (Lipinski definition) is 0. The molecule has 19 heavy (non-hydrogen) atoms. The molecule has 0 radical (unpaired) electrons. The van der Waals surface area contributed by atoms with E-state index in [1.165, 1.54) is 11.3 Å². The Kier molecular flexibility index (Phi) is 4.76. The molecule has 1 unspecified atom stereocenters. The van der Waals surface area contributed by atoms with E-state index in [1.807, 2.05) is 6.92 Å². The Balaban J connectivity index is 2.15. The molecule has 0 bridgehead atoms. The molecule has 1 fully saturated rings. The minimum absolute atomic E-state index is 0.00324. The van der Waals surface area contributed by atoms with E-state index in [2.05, 4.69) is 0 Å². The van der Waals surface area contributed by atoms with Gasteiger partial charge in [0.05, 0.1) is 15.1 Å². The topological polar surface area (TPSA) is 40.6 Å². The molecule has 4 nitrogen and oxygen atoms in total. The molecule has 0 N–H and O–H groups in total. The summed E-state index contributed by atoms with van der Waals surface area (Å²) < 4.78 is 0.587. The highest BCUT2D eigenvalue weighted by Crippen LogP contribution is 2.28. The van der Waals surface area contributed by atoms with Crippen LogP contribution in [0.25, 0.3) is 0 Å². The summed E-state index contributed by atoms with van der Waals surface area (Å²) in [6, 6.07) is 3.06.